The van der Waals surface area contributed by atoms with Gasteiger partial charge in [-0.3, -0.25) is 4.79 Å². The predicted molar refractivity (Wildman–Crippen MR) is 76.3 cm³/mol. The Hall–Kier alpha value is -2.65. The number of hydrogen-bond donors (Lipinski definition) is 2. The van der Waals surface area contributed by atoms with Crippen LogP contribution in [0.4, 0.5) is 10.1 Å². The summed E-state index contributed by atoms with van der Waals surface area (Å²) >= 11 is 0. The first-order valence-electron chi connectivity index (χ1n) is 6.25. The first-order valence-corrected chi connectivity index (χ1v) is 6.25. The zero-order valence-corrected chi connectivity index (χ0v) is 11.7. The lowest BCUT2D eigenvalue weighted by molar-refractivity contribution is 0.102. The predicted octanol–water partition coefficient (Wildman–Crippen LogP) is 1.99. The number of hydrogen-bond acceptors (Lipinski definition) is 4. The highest BCUT2D eigenvalue weighted by atomic mass is 19.1. The highest BCUT2D eigenvalue weighted by Crippen LogP contribution is 2.18. The average molecular weight is 287 g/mol. The van der Waals surface area contributed by atoms with Crippen LogP contribution < -0.4 is 11.1 Å². The molecule has 0 spiro atoms. The van der Waals surface area contributed by atoms with E-state index in [9.17, 15) is 9.18 Å². The minimum absolute atomic E-state index is 0.134. The van der Waals surface area contributed by atoms with E-state index in [1.165, 1.54) is 18.2 Å². The molecule has 5 nitrogen and oxygen atoms in total. The smallest absolute Gasteiger partial charge is 0.261 e. The number of amides is 1. The highest BCUT2D eigenvalue weighted by Gasteiger charge is 2.17. The van der Waals surface area contributed by atoms with Crippen molar-refractivity contribution in [1.29, 1.82) is 0 Å². The van der Waals surface area contributed by atoms with Gasteiger partial charge in [-0.25, -0.2) is 4.39 Å². The Labute approximate surface area is 121 Å². The second-order valence-corrected chi connectivity index (χ2v) is 4.35. The number of rotatable bonds is 2. The van der Waals surface area contributed by atoms with Crippen molar-refractivity contribution in [1.82, 2.24) is 5.16 Å². The maximum Gasteiger partial charge on any atom is 0.261 e. The summed E-state index contributed by atoms with van der Waals surface area (Å²) in [6.45, 7) is 3.46. The van der Waals surface area contributed by atoms with Crippen molar-refractivity contribution in [3.8, 4) is 11.8 Å². The molecule has 1 amide bonds. The number of carbonyl (C=O) groups is 1. The van der Waals surface area contributed by atoms with Crippen LogP contribution in [-0.2, 0) is 0 Å². The van der Waals surface area contributed by atoms with Crippen molar-refractivity contribution in [2.24, 2.45) is 5.73 Å². The largest absolute Gasteiger partial charge is 0.361 e. The number of aryl methyl sites for hydroxylation is 2. The third kappa shape index (κ3) is 3.27. The Morgan fingerprint density at radius 3 is 2.86 bits per heavy atom. The van der Waals surface area contributed by atoms with E-state index in [1.807, 2.05) is 0 Å². The number of anilines is 1. The molecule has 0 atom stereocenters. The van der Waals surface area contributed by atoms with Crippen molar-refractivity contribution in [2.45, 2.75) is 13.8 Å². The molecule has 0 bridgehead atoms. The zero-order chi connectivity index (χ0) is 15.4. The summed E-state index contributed by atoms with van der Waals surface area (Å²) in [5.74, 6) is 4.78. The Bertz CT molecular complexity index is 722. The maximum absolute atomic E-state index is 13.6. The summed E-state index contributed by atoms with van der Waals surface area (Å²) in [5, 5.41) is 6.38. The maximum atomic E-state index is 13.6. The molecule has 2 aromatic rings. The molecule has 1 heterocycles. The van der Waals surface area contributed by atoms with Gasteiger partial charge < -0.3 is 15.6 Å². The van der Waals surface area contributed by atoms with E-state index in [2.05, 4.69) is 22.3 Å². The minimum Gasteiger partial charge on any atom is -0.361 e. The highest BCUT2D eigenvalue weighted by molar-refractivity contribution is 6.05. The van der Waals surface area contributed by atoms with Gasteiger partial charge >= 0.3 is 0 Å². The summed E-state index contributed by atoms with van der Waals surface area (Å²) in [5.41, 5.74) is 6.74. The normalized spacial score (nSPS) is 9.90. The molecular weight excluding hydrogens is 273 g/mol. The average Bonchev–Trinajstić information content (AvgIpc) is 2.78. The molecule has 0 saturated carbocycles. The molecule has 0 unspecified atom stereocenters. The molecule has 3 N–H and O–H groups in total. The summed E-state index contributed by atoms with van der Waals surface area (Å²) in [7, 11) is 0. The van der Waals surface area contributed by atoms with Crippen LogP contribution in [0, 0.1) is 31.5 Å². The van der Waals surface area contributed by atoms with E-state index in [0.717, 1.165) is 0 Å². The number of nitrogens with zero attached hydrogens (tertiary/aromatic N) is 1. The van der Waals surface area contributed by atoms with Gasteiger partial charge in [0.15, 0.2) is 0 Å². The van der Waals surface area contributed by atoms with Crippen molar-refractivity contribution >= 4 is 11.6 Å². The van der Waals surface area contributed by atoms with Crippen LogP contribution in [0.1, 0.15) is 27.4 Å². The third-order valence-electron chi connectivity index (χ3n) is 2.81. The van der Waals surface area contributed by atoms with Crippen LogP contribution in [0.15, 0.2) is 22.7 Å². The fourth-order valence-electron chi connectivity index (χ4n) is 1.85. The molecule has 21 heavy (non-hydrogen) atoms. The summed E-state index contributed by atoms with van der Waals surface area (Å²) < 4.78 is 18.5. The molecule has 0 aliphatic carbocycles. The van der Waals surface area contributed by atoms with E-state index < -0.39 is 5.82 Å². The van der Waals surface area contributed by atoms with Gasteiger partial charge in [-0.15, -0.1) is 0 Å². The fourth-order valence-corrected chi connectivity index (χ4v) is 1.85. The standard InChI is InChI=1S/C15H14FN3O2/c1-9-14(10(2)21-19-9)15(20)18-12-5-6-13(16)11(8-12)4-3-7-17/h5-6,8H,7,17H2,1-2H3,(H,18,20). The van der Waals surface area contributed by atoms with Gasteiger partial charge in [0.05, 0.1) is 17.8 Å². The van der Waals surface area contributed by atoms with Gasteiger partial charge in [0, 0.05) is 5.69 Å². The van der Waals surface area contributed by atoms with Gasteiger partial charge in [0.1, 0.15) is 17.1 Å². The Kier molecular flexibility index (Phi) is 4.36. The van der Waals surface area contributed by atoms with E-state index in [1.54, 1.807) is 13.8 Å². The molecule has 108 valence electrons. The number of carbonyl (C=O) groups excluding carboxylic acids is 1. The van der Waals surface area contributed by atoms with Gasteiger partial charge in [-0.2, -0.15) is 0 Å². The van der Waals surface area contributed by atoms with E-state index in [4.69, 9.17) is 10.3 Å². The Morgan fingerprint density at radius 2 is 2.24 bits per heavy atom. The van der Waals surface area contributed by atoms with Crippen LogP contribution >= 0.6 is 0 Å². The topological polar surface area (TPSA) is 81.2 Å². The first-order chi connectivity index (χ1) is 10.0. The van der Waals surface area contributed by atoms with Crippen LogP contribution in [0.25, 0.3) is 0 Å². The fraction of sp³-hybridized carbons (Fsp3) is 0.200. The lowest BCUT2D eigenvalue weighted by atomic mass is 10.1. The molecule has 0 aliphatic heterocycles. The quantitative estimate of drug-likeness (QED) is 0.828. The lowest BCUT2D eigenvalue weighted by Gasteiger charge is -2.05. The first kappa shape index (κ1) is 14.8. The molecule has 6 heteroatoms. The molecule has 0 saturated heterocycles. The molecule has 0 radical (unpaired) electrons. The SMILES string of the molecule is Cc1noc(C)c1C(=O)Nc1ccc(F)c(C#CCN)c1. The van der Waals surface area contributed by atoms with Gasteiger partial charge in [-0.05, 0) is 32.0 Å². The number of halogens is 1. The van der Waals surface area contributed by atoms with E-state index in [0.29, 0.717) is 22.7 Å². The van der Waals surface area contributed by atoms with E-state index >= 15 is 0 Å². The monoisotopic (exact) mass is 287 g/mol. The Balaban J connectivity index is 2.26. The van der Waals surface area contributed by atoms with Crippen LogP contribution in [0.5, 0.6) is 0 Å². The summed E-state index contributed by atoms with van der Waals surface area (Å²) in [4.78, 5) is 12.2. The lowest BCUT2D eigenvalue weighted by Crippen LogP contribution is -2.13. The van der Waals surface area contributed by atoms with Crippen LogP contribution in [0.3, 0.4) is 0 Å². The molecule has 2 rings (SSSR count). The minimum atomic E-state index is -0.466. The van der Waals surface area contributed by atoms with Crippen molar-refractivity contribution < 1.29 is 13.7 Å². The second-order valence-electron chi connectivity index (χ2n) is 4.35. The molecular formula is C15H14FN3O2. The van der Waals surface area contributed by atoms with Gasteiger partial charge in [0.25, 0.3) is 5.91 Å². The molecule has 0 fully saturated rings. The summed E-state index contributed by atoms with van der Waals surface area (Å²) in [6, 6.07) is 4.15. The zero-order valence-electron chi connectivity index (χ0n) is 11.7. The second kappa shape index (κ2) is 6.20. The van der Waals surface area contributed by atoms with Crippen molar-refractivity contribution in [2.75, 3.05) is 11.9 Å². The molecule has 1 aromatic heterocycles. The number of nitrogens with one attached hydrogen (secondary N) is 1. The number of nitrogens with two attached hydrogens (primary N) is 1. The van der Waals surface area contributed by atoms with Crippen molar-refractivity contribution in [3.63, 3.8) is 0 Å². The van der Waals surface area contributed by atoms with E-state index in [-0.39, 0.29) is 18.0 Å². The van der Waals surface area contributed by atoms with Crippen LogP contribution in [-0.4, -0.2) is 17.6 Å². The molecule has 0 aliphatic rings. The molecule has 1 aromatic carbocycles. The number of aromatic nitrogens is 1. The third-order valence-corrected chi connectivity index (χ3v) is 2.81. The van der Waals surface area contributed by atoms with Crippen LogP contribution in [0.2, 0.25) is 0 Å². The Morgan fingerprint density at radius 1 is 1.48 bits per heavy atom. The van der Waals surface area contributed by atoms with Gasteiger partial charge in [0.2, 0.25) is 0 Å². The van der Waals surface area contributed by atoms with Crippen molar-refractivity contribution in [3.05, 3.63) is 46.6 Å². The summed E-state index contributed by atoms with van der Waals surface area (Å²) in [6.07, 6.45) is 0. The number of benzene rings is 1. The van der Waals surface area contributed by atoms with Gasteiger partial charge in [-0.1, -0.05) is 17.0 Å².